The van der Waals surface area contributed by atoms with Crippen molar-refractivity contribution in [2.75, 3.05) is 7.05 Å². The number of fused-ring (bicyclic) bond motifs is 2. The number of hydrogen-bond acceptors (Lipinski definition) is 4. The molecule has 1 aliphatic rings. The Morgan fingerprint density at radius 3 is 2.59 bits per heavy atom. The van der Waals surface area contributed by atoms with Gasteiger partial charge in [0.15, 0.2) is 0 Å². The van der Waals surface area contributed by atoms with Crippen LogP contribution in [0.15, 0.2) is 22.6 Å². The maximum absolute atomic E-state index is 12.8. The summed E-state index contributed by atoms with van der Waals surface area (Å²) in [7, 11) is 7.73. The molecule has 2 radical (unpaired) electrons. The van der Waals surface area contributed by atoms with Crippen LogP contribution in [-0.4, -0.2) is 26.4 Å². The summed E-state index contributed by atoms with van der Waals surface area (Å²) < 4.78 is 11.7. The molecule has 0 aromatic carbocycles. The fraction of sp³-hybridized carbons (Fsp3) is 0.588. The van der Waals surface area contributed by atoms with E-state index in [2.05, 4.69) is 5.32 Å². The highest BCUT2D eigenvalue weighted by atomic mass is 16.6. The third-order valence-corrected chi connectivity index (χ3v) is 5.22. The number of likely N-dealkylation sites (N-methyl/N-ethyl adjacent to an activating group) is 1. The van der Waals surface area contributed by atoms with E-state index in [1.165, 1.54) is 0 Å². The van der Waals surface area contributed by atoms with Crippen molar-refractivity contribution >= 4 is 25.0 Å². The summed E-state index contributed by atoms with van der Waals surface area (Å²) in [6.45, 7) is 3.60. The fourth-order valence-corrected chi connectivity index (χ4v) is 3.32. The average molecular weight is 299 g/mol. The first-order valence-corrected chi connectivity index (χ1v) is 7.92. The lowest BCUT2D eigenvalue weighted by molar-refractivity contribution is -0.168. The highest BCUT2D eigenvalue weighted by Gasteiger charge is 2.46. The van der Waals surface area contributed by atoms with Gasteiger partial charge in [0, 0.05) is 5.56 Å². The van der Waals surface area contributed by atoms with Gasteiger partial charge in [-0.15, -0.1) is 0 Å². The highest BCUT2D eigenvalue weighted by molar-refractivity contribution is 6.14. The van der Waals surface area contributed by atoms with Gasteiger partial charge in [0.05, 0.1) is 7.85 Å². The number of benzene rings is 1. The monoisotopic (exact) mass is 299 g/mol. The molecular formula is C17H22BNO3. The molecule has 0 spiro atoms. The van der Waals surface area contributed by atoms with Crippen molar-refractivity contribution in [3.63, 3.8) is 0 Å². The fourth-order valence-electron chi connectivity index (χ4n) is 3.32. The first-order chi connectivity index (χ1) is 10.4. The highest BCUT2D eigenvalue weighted by Crippen LogP contribution is 2.46. The van der Waals surface area contributed by atoms with Crippen LogP contribution in [0, 0.1) is 0 Å². The Morgan fingerprint density at radius 1 is 1.45 bits per heavy atom. The quantitative estimate of drug-likeness (QED) is 0.680. The molecule has 1 saturated carbocycles. The van der Waals surface area contributed by atoms with Crippen LogP contribution in [0.4, 0.5) is 0 Å². The largest absolute Gasteiger partial charge is 0.457 e. The second-order valence-corrected chi connectivity index (χ2v) is 6.59. The van der Waals surface area contributed by atoms with E-state index in [0.29, 0.717) is 0 Å². The van der Waals surface area contributed by atoms with Crippen LogP contribution >= 0.6 is 0 Å². The molecule has 2 bridgehead atoms. The number of esters is 1. The zero-order valence-corrected chi connectivity index (χ0v) is 13.4. The molecule has 2 aromatic heterocycles. The second kappa shape index (κ2) is 5.30. The van der Waals surface area contributed by atoms with E-state index < -0.39 is 11.1 Å². The van der Waals surface area contributed by atoms with Crippen LogP contribution in [-0.2, 0) is 15.1 Å². The van der Waals surface area contributed by atoms with Gasteiger partial charge in [0.1, 0.15) is 22.3 Å². The number of carbonyl (C=O) groups is 1. The standard InChI is InChI=1S/C17H22BNO3/c1-11(18)16(2,19-3)15(20)22-17(8-4-5-9-17)13-10-12-6-7-14(13)21-12/h6-7,10-11,19H,4-5,8-9H2,1-3H3. The summed E-state index contributed by atoms with van der Waals surface area (Å²) in [6, 6.07) is 5.88. The minimum Gasteiger partial charge on any atom is -0.457 e. The lowest BCUT2D eigenvalue weighted by Gasteiger charge is -2.37. The van der Waals surface area contributed by atoms with Crippen LogP contribution in [0.2, 0.25) is 5.82 Å². The van der Waals surface area contributed by atoms with Gasteiger partial charge in [-0.2, -0.15) is 0 Å². The zero-order chi connectivity index (χ0) is 16.0. The number of carbonyl (C=O) groups excluding carboxylic acids is 1. The molecule has 116 valence electrons. The molecule has 2 heterocycles. The molecule has 5 heteroatoms. The predicted octanol–water partition coefficient (Wildman–Crippen LogP) is 3.14. The Kier molecular flexibility index (Phi) is 3.72. The molecule has 2 unspecified atom stereocenters. The van der Waals surface area contributed by atoms with Gasteiger partial charge < -0.3 is 14.5 Å². The van der Waals surface area contributed by atoms with Gasteiger partial charge in [-0.3, -0.25) is 4.79 Å². The van der Waals surface area contributed by atoms with Crippen molar-refractivity contribution in [2.24, 2.45) is 0 Å². The molecule has 1 N–H and O–H groups in total. The minimum absolute atomic E-state index is 0.301. The summed E-state index contributed by atoms with van der Waals surface area (Å²) in [5.74, 6) is -0.652. The van der Waals surface area contributed by atoms with Crippen molar-refractivity contribution in [2.45, 2.75) is 56.5 Å². The van der Waals surface area contributed by atoms with E-state index in [0.717, 1.165) is 42.4 Å². The van der Waals surface area contributed by atoms with Crippen LogP contribution in [0.5, 0.6) is 0 Å². The van der Waals surface area contributed by atoms with Crippen LogP contribution in [0.25, 0.3) is 11.2 Å². The third-order valence-electron chi connectivity index (χ3n) is 5.22. The number of hydrogen-bond donors (Lipinski definition) is 1. The van der Waals surface area contributed by atoms with Gasteiger partial charge in [-0.1, -0.05) is 12.7 Å². The van der Waals surface area contributed by atoms with Crippen molar-refractivity contribution < 1.29 is 13.9 Å². The summed E-state index contributed by atoms with van der Waals surface area (Å²) in [5.41, 5.74) is 1.17. The Balaban J connectivity index is 1.92. The molecule has 0 amide bonds. The molecule has 4 nitrogen and oxygen atoms in total. The molecule has 1 fully saturated rings. The predicted molar refractivity (Wildman–Crippen MR) is 86.3 cm³/mol. The number of furan rings is 2. The zero-order valence-electron chi connectivity index (χ0n) is 13.4. The SMILES string of the molecule is [B]C(C)C(C)(NC)C(=O)OC1(c2cc3ccc2o3)CCCC1. The first kappa shape index (κ1) is 15.4. The van der Waals surface area contributed by atoms with Crippen molar-refractivity contribution in [3.05, 3.63) is 23.8 Å². The Hall–Kier alpha value is -1.49. The molecular weight excluding hydrogens is 277 g/mol. The molecule has 0 aliphatic heterocycles. The first-order valence-electron chi connectivity index (χ1n) is 7.92. The topological polar surface area (TPSA) is 51.5 Å². The molecule has 22 heavy (non-hydrogen) atoms. The maximum Gasteiger partial charge on any atom is 0.326 e. The van der Waals surface area contributed by atoms with Crippen molar-refractivity contribution in [1.82, 2.24) is 5.32 Å². The van der Waals surface area contributed by atoms with E-state index in [-0.39, 0.29) is 11.8 Å². The van der Waals surface area contributed by atoms with Gasteiger partial charge in [0.2, 0.25) is 0 Å². The van der Waals surface area contributed by atoms with E-state index in [4.69, 9.17) is 17.0 Å². The maximum atomic E-state index is 12.8. The molecule has 1 aliphatic carbocycles. The average Bonchev–Trinajstić information content (AvgIpc) is 3.22. The number of rotatable bonds is 5. The lowest BCUT2D eigenvalue weighted by atomic mass is 9.73. The van der Waals surface area contributed by atoms with E-state index >= 15 is 0 Å². The summed E-state index contributed by atoms with van der Waals surface area (Å²) in [6.07, 6.45) is 3.76. The Bertz CT molecular complexity index is 659. The van der Waals surface area contributed by atoms with E-state index in [1.807, 2.05) is 25.1 Å². The lowest BCUT2D eigenvalue weighted by Crippen LogP contribution is -2.53. The molecule has 3 rings (SSSR count). The smallest absolute Gasteiger partial charge is 0.326 e. The second-order valence-electron chi connectivity index (χ2n) is 6.59. The van der Waals surface area contributed by atoms with Gasteiger partial charge in [-0.05, 0) is 57.9 Å². The van der Waals surface area contributed by atoms with Gasteiger partial charge >= 0.3 is 5.97 Å². The Labute approximate surface area is 132 Å². The Morgan fingerprint density at radius 2 is 2.14 bits per heavy atom. The number of ether oxygens (including phenoxy) is 1. The molecule has 0 saturated heterocycles. The summed E-state index contributed by atoms with van der Waals surface area (Å²) in [5, 5.41) is 3.02. The minimum atomic E-state index is -0.901. The van der Waals surface area contributed by atoms with E-state index in [1.54, 1.807) is 14.0 Å². The molecule has 2 atom stereocenters. The van der Waals surface area contributed by atoms with Gasteiger partial charge in [0.25, 0.3) is 0 Å². The summed E-state index contributed by atoms with van der Waals surface area (Å²) in [4.78, 5) is 12.8. The third kappa shape index (κ3) is 2.23. The van der Waals surface area contributed by atoms with Crippen LogP contribution in [0.1, 0.15) is 45.1 Å². The van der Waals surface area contributed by atoms with Crippen molar-refractivity contribution in [3.8, 4) is 0 Å². The van der Waals surface area contributed by atoms with E-state index in [9.17, 15) is 4.79 Å². The molecule has 2 aromatic rings. The van der Waals surface area contributed by atoms with Crippen LogP contribution in [0.3, 0.4) is 0 Å². The van der Waals surface area contributed by atoms with Gasteiger partial charge in [-0.25, -0.2) is 0 Å². The normalized spacial score (nSPS) is 21.8. The van der Waals surface area contributed by atoms with Crippen molar-refractivity contribution in [1.29, 1.82) is 0 Å². The van der Waals surface area contributed by atoms with Crippen LogP contribution < -0.4 is 5.32 Å². The summed E-state index contributed by atoms with van der Waals surface area (Å²) >= 11 is 0. The number of nitrogens with one attached hydrogen (secondary N) is 1.